The fraction of sp³-hybridized carbons (Fsp3) is 0.222. The molecule has 10 heteroatoms. The summed E-state index contributed by atoms with van der Waals surface area (Å²) in [6, 6.07) is 15.9. The molecule has 0 bridgehead atoms. The van der Waals surface area contributed by atoms with E-state index in [9.17, 15) is 33.1 Å². The van der Waals surface area contributed by atoms with Crippen LogP contribution in [0.3, 0.4) is 0 Å². The molecule has 3 aromatic carbocycles. The summed E-state index contributed by atoms with van der Waals surface area (Å²) in [5.41, 5.74) is 0.857. The van der Waals surface area contributed by atoms with E-state index >= 15 is 0 Å². The number of nitrogens with zero attached hydrogens (tertiary/aromatic N) is 1. The molecule has 37 heavy (non-hydrogen) atoms. The average Bonchev–Trinajstić information content (AvgIpc) is 2.88. The zero-order valence-corrected chi connectivity index (χ0v) is 19.3. The zero-order valence-electron chi connectivity index (χ0n) is 19.3. The van der Waals surface area contributed by atoms with Crippen LogP contribution in [0, 0.1) is 11.3 Å². The molecule has 7 nitrogen and oxygen atoms in total. The van der Waals surface area contributed by atoms with Crippen molar-refractivity contribution < 1.29 is 37.3 Å². The van der Waals surface area contributed by atoms with E-state index in [1.165, 1.54) is 36.4 Å². The second-order valence-corrected chi connectivity index (χ2v) is 8.35. The Kier molecular flexibility index (Phi) is 7.34. The van der Waals surface area contributed by atoms with E-state index in [1.807, 2.05) is 6.07 Å². The summed E-state index contributed by atoms with van der Waals surface area (Å²) in [5, 5.41) is 21.7. The van der Waals surface area contributed by atoms with Crippen molar-refractivity contribution in [3.8, 4) is 23.3 Å². The Bertz CT molecular complexity index is 1350. The van der Waals surface area contributed by atoms with Gasteiger partial charge in [0.05, 0.1) is 23.7 Å². The predicted octanol–water partition coefficient (Wildman–Crippen LogP) is 5.29. The first-order valence-corrected chi connectivity index (χ1v) is 11.3. The van der Waals surface area contributed by atoms with Gasteiger partial charge in [0, 0.05) is 23.7 Å². The molecule has 1 aliphatic rings. The van der Waals surface area contributed by atoms with Crippen molar-refractivity contribution in [1.82, 2.24) is 5.32 Å². The van der Waals surface area contributed by atoms with E-state index in [1.54, 1.807) is 12.1 Å². The highest BCUT2D eigenvalue weighted by Gasteiger charge is 2.30. The maximum absolute atomic E-state index is 12.7. The summed E-state index contributed by atoms with van der Waals surface area (Å²) in [6.45, 7) is 0.471. The number of carboxylic acid groups (broad SMARTS) is 1. The summed E-state index contributed by atoms with van der Waals surface area (Å²) in [4.78, 5) is 24.0. The fourth-order valence-corrected chi connectivity index (χ4v) is 3.93. The number of rotatable bonds is 7. The lowest BCUT2D eigenvalue weighted by Crippen LogP contribution is -2.25. The van der Waals surface area contributed by atoms with Crippen molar-refractivity contribution in [3.05, 3.63) is 88.5 Å². The van der Waals surface area contributed by atoms with Crippen molar-refractivity contribution in [1.29, 1.82) is 5.26 Å². The molecule has 190 valence electrons. The van der Waals surface area contributed by atoms with Crippen molar-refractivity contribution in [2.75, 3.05) is 13.2 Å². The van der Waals surface area contributed by atoms with Crippen molar-refractivity contribution in [2.45, 2.75) is 24.9 Å². The van der Waals surface area contributed by atoms with Gasteiger partial charge >= 0.3 is 12.1 Å². The van der Waals surface area contributed by atoms with Gasteiger partial charge in [-0.05, 0) is 60.9 Å². The van der Waals surface area contributed by atoms with E-state index in [-0.39, 0.29) is 30.4 Å². The van der Waals surface area contributed by atoms with E-state index in [4.69, 9.17) is 9.47 Å². The summed E-state index contributed by atoms with van der Waals surface area (Å²) in [7, 11) is 0. The van der Waals surface area contributed by atoms with Crippen molar-refractivity contribution >= 4 is 11.9 Å². The minimum Gasteiger partial charge on any atom is -0.493 e. The largest absolute Gasteiger partial charge is 0.493 e. The molecule has 4 rings (SSSR count). The maximum atomic E-state index is 12.7. The topological polar surface area (TPSA) is 109 Å². The van der Waals surface area contributed by atoms with Crippen molar-refractivity contribution in [2.24, 2.45) is 0 Å². The first-order valence-electron chi connectivity index (χ1n) is 11.3. The molecule has 3 aromatic rings. The SMILES string of the molecule is N#Cc1cc2c(cc1Oc1ccc(C(=O)NCCc3ccc(C(F)(F)F)cc3)cc1)OCCC2C(=O)O. The molecular formula is C27H21F3N2O5. The third-order valence-electron chi connectivity index (χ3n) is 5.89. The van der Waals surface area contributed by atoms with Crippen LogP contribution < -0.4 is 14.8 Å². The molecule has 1 heterocycles. The molecule has 1 atom stereocenters. The normalized spacial score (nSPS) is 14.6. The van der Waals surface area contributed by atoms with Gasteiger partial charge in [-0.2, -0.15) is 18.4 Å². The van der Waals surface area contributed by atoms with Gasteiger partial charge in [0.1, 0.15) is 23.3 Å². The lowest BCUT2D eigenvalue weighted by molar-refractivity contribution is -0.139. The van der Waals surface area contributed by atoms with Crippen LogP contribution in [0.15, 0.2) is 60.7 Å². The zero-order chi connectivity index (χ0) is 26.6. The van der Waals surface area contributed by atoms with Crippen LogP contribution >= 0.6 is 0 Å². The monoisotopic (exact) mass is 510 g/mol. The number of alkyl halides is 3. The number of halogens is 3. The van der Waals surface area contributed by atoms with Gasteiger partial charge in [-0.1, -0.05) is 12.1 Å². The Labute approximate surface area is 210 Å². The first kappa shape index (κ1) is 25.6. The molecule has 0 aromatic heterocycles. The average molecular weight is 510 g/mol. The molecule has 1 aliphatic heterocycles. The standard InChI is InChI=1S/C27H21F3N2O5/c28-27(29,30)19-5-1-16(2-6-19)9-11-32-25(33)17-3-7-20(8-4-17)37-23-14-24-22(13-18(23)15-31)21(26(34)35)10-12-36-24/h1-8,13-14,21H,9-12H2,(H,32,33)(H,34,35). The van der Waals surface area contributed by atoms with E-state index in [0.29, 0.717) is 41.0 Å². The van der Waals surface area contributed by atoms with Gasteiger partial charge in [-0.3, -0.25) is 9.59 Å². The third-order valence-corrected chi connectivity index (χ3v) is 5.89. The second-order valence-electron chi connectivity index (χ2n) is 8.35. The van der Waals surface area contributed by atoms with Gasteiger partial charge in [-0.25, -0.2) is 0 Å². The number of ether oxygens (including phenoxy) is 2. The number of carboxylic acids is 1. The number of amides is 1. The predicted molar refractivity (Wildman–Crippen MR) is 126 cm³/mol. The summed E-state index contributed by atoms with van der Waals surface area (Å²) in [6.07, 6.45) is -3.72. The minimum atomic E-state index is -4.39. The number of benzene rings is 3. The second kappa shape index (κ2) is 10.6. The lowest BCUT2D eigenvalue weighted by Gasteiger charge is -2.24. The molecule has 2 N–H and O–H groups in total. The van der Waals surface area contributed by atoms with Crippen LogP contribution in [-0.4, -0.2) is 30.1 Å². The summed E-state index contributed by atoms with van der Waals surface area (Å²) >= 11 is 0. The molecule has 1 amide bonds. The number of nitrogens with one attached hydrogen (secondary N) is 1. The number of carbonyl (C=O) groups is 2. The molecule has 0 fully saturated rings. The molecule has 0 aliphatic carbocycles. The van der Waals surface area contributed by atoms with E-state index in [2.05, 4.69) is 5.32 Å². The Morgan fingerprint density at radius 1 is 1.11 bits per heavy atom. The van der Waals surface area contributed by atoms with Crippen LogP contribution in [-0.2, 0) is 17.4 Å². The van der Waals surface area contributed by atoms with Gasteiger partial charge in [-0.15, -0.1) is 0 Å². The number of carbonyl (C=O) groups excluding carboxylic acids is 1. The number of fused-ring (bicyclic) bond motifs is 1. The fourth-order valence-electron chi connectivity index (χ4n) is 3.93. The number of nitriles is 1. The van der Waals surface area contributed by atoms with Gasteiger partial charge < -0.3 is 19.9 Å². The Hall–Kier alpha value is -4.52. The highest BCUT2D eigenvalue weighted by Crippen LogP contribution is 2.39. The highest BCUT2D eigenvalue weighted by molar-refractivity contribution is 5.94. The highest BCUT2D eigenvalue weighted by atomic mass is 19.4. The van der Waals surface area contributed by atoms with E-state index in [0.717, 1.165) is 12.1 Å². The Morgan fingerprint density at radius 3 is 2.43 bits per heavy atom. The summed E-state index contributed by atoms with van der Waals surface area (Å²) in [5.74, 6) is -1.23. The Balaban J connectivity index is 1.37. The molecule has 0 saturated carbocycles. The molecule has 0 radical (unpaired) electrons. The summed E-state index contributed by atoms with van der Waals surface area (Å²) < 4.78 is 49.3. The third kappa shape index (κ3) is 6.01. The van der Waals surface area contributed by atoms with Crippen LogP contribution in [0.2, 0.25) is 0 Å². The van der Waals surface area contributed by atoms with Crippen LogP contribution in [0.5, 0.6) is 17.2 Å². The van der Waals surface area contributed by atoms with Crippen molar-refractivity contribution in [3.63, 3.8) is 0 Å². The molecule has 0 saturated heterocycles. The first-order chi connectivity index (χ1) is 17.7. The lowest BCUT2D eigenvalue weighted by atomic mass is 9.91. The number of hydrogen-bond donors (Lipinski definition) is 2. The molecular weight excluding hydrogens is 489 g/mol. The quantitative estimate of drug-likeness (QED) is 0.447. The van der Waals surface area contributed by atoms with E-state index < -0.39 is 23.6 Å². The molecule has 0 spiro atoms. The van der Waals surface area contributed by atoms with Crippen LogP contribution in [0.1, 0.15) is 45.0 Å². The van der Waals surface area contributed by atoms with Crippen LogP contribution in [0.4, 0.5) is 13.2 Å². The van der Waals surface area contributed by atoms with Gasteiger partial charge in [0.2, 0.25) is 0 Å². The number of hydrogen-bond acceptors (Lipinski definition) is 5. The minimum absolute atomic E-state index is 0.153. The maximum Gasteiger partial charge on any atom is 0.416 e. The number of aliphatic carboxylic acids is 1. The van der Waals surface area contributed by atoms with Crippen LogP contribution in [0.25, 0.3) is 0 Å². The Morgan fingerprint density at radius 2 is 1.81 bits per heavy atom. The molecule has 1 unspecified atom stereocenters. The van der Waals surface area contributed by atoms with Gasteiger partial charge in [0.15, 0.2) is 0 Å². The van der Waals surface area contributed by atoms with Gasteiger partial charge in [0.25, 0.3) is 5.91 Å². The smallest absolute Gasteiger partial charge is 0.416 e.